The molecule has 9 heteroatoms. The molecule has 0 radical (unpaired) electrons. The average Bonchev–Trinajstić information content (AvgIpc) is 2.58. The van der Waals surface area contributed by atoms with E-state index < -0.39 is 10.0 Å². The largest absolute Gasteiger partial charge is 0.326 e. The predicted molar refractivity (Wildman–Crippen MR) is 93.8 cm³/mol. The van der Waals surface area contributed by atoms with Gasteiger partial charge in [-0.05, 0) is 37.3 Å². The van der Waals surface area contributed by atoms with Gasteiger partial charge in [-0.2, -0.15) is 5.10 Å². The molecular formula is C16H20N4O4S. The first-order valence-electron chi connectivity index (χ1n) is 7.76. The summed E-state index contributed by atoms with van der Waals surface area (Å²) in [5.41, 5.74) is 0.911. The summed E-state index contributed by atoms with van der Waals surface area (Å²) >= 11 is 0. The quantitative estimate of drug-likeness (QED) is 0.758. The number of sulfonamides is 1. The van der Waals surface area contributed by atoms with E-state index >= 15 is 0 Å². The van der Waals surface area contributed by atoms with Crippen molar-refractivity contribution < 1.29 is 13.2 Å². The molecule has 0 aliphatic heterocycles. The molecule has 134 valence electrons. The van der Waals surface area contributed by atoms with E-state index in [0.717, 1.165) is 0 Å². The van der Waals surface area contributed by atoms with Gasteiger partial charge in [-0.25, -0.2) is 17.8 Å². The molecule has 1 aromatic heterocycles. The molecule has 1 aromatic carbocycles. The average molecular weight is 364 g/mol. The van der Waals surface area contributed by atoms with Crippen LogP contribution in [0.2, 0.25) is 0 Å². The lowest BCUT2D eigenvalue weighted by atomic mass is 10.3. The van der Waals surface area contributed by atoms with Gasteiger partial charge in [0.2, 0.25) is 15.9 Å². The van der Waals surface area contributed by atoms with Crippen LogP contribution in [0.4, 0.5) is 5.69 Å². The maximum Gasteiger partial charge on any atom is 0.266 e. The highest BCUT2D eigenvalue weighted by atomic mass is 32.2. The number of aryl methyl sites for hydroxylation is 1. The molecule has 0 aliphatic carbocycles. The first kappa shape index (κ1) is 18.8. The van der Waals surface area contributed by atoms with Crippen LogP contribution in [-0.2, 0) is 21.4 Å². The molecule has 0 spiro atoms. The third-order valence-corrected chi connectivity index (χ3v) is 4.86. The minimum atomic E-state index is -3.71. The lowest BCUT2D eigenvalue weighted by molar-refractivity contribution is -0.115. The van der Waals surface area contributed by atoms with E-state index in [1.165, 1.54) is 35.0 Å². The van der Waals surface area contributed by atoms with E-state index in [0.29, 0.717) is 17.8 Å². The van der Waals surface area contributed by atoms with E-state index in [2.05, 4.69) is 15.1 Å². The number of rotatable bonds is 7. The summed E-state index contributed by atoms with van der Waals surface area (Å²) in [4.78, 5) is 23.0. The predicted octanol–water partition coefficient (Wildman–Crippen LogP) is 0.879. The molecule has 2 N–H and O–H groups in total. The molecule has 0 atom stereocenters. The number of carbonyl (C=O) groups is 1. The van der Waals surface area contributed by atoms with Gasteiger partial charge in [-0.15, -0.1) is 0 Å². The highest BCUT2D eigenvalue weighted by Crippen LogP contribution is 2.14. The van der Waals surface area contributed by atoms with E-state index in [1.54, 1.807) is 19.9 Å². The smallest absolute Gasteiger partial charge is 0.266 e. The molecule has 0 fully saturated rings. The molecule has 0 saturated heterocycles. The van der Waals surface area contributed by atoms with Crippen molar-refractivity contribution in [1.29, 1.82) is 0 Å². The van der Waals surface area contributed by atoms with Crippen molar-refractivity contribution >= 4 is 21.6 Å². The number of anilines is 1. The Morgan fingerprint density at radius 2 is 1.84 bits per heavy atom. The minimum absolute atomic E-state index is 0.0347. The summed E-state index contributed by atoms with van der Waals surface area (Å²) in [5, 5.41) is 6.69. The Bertz CT molecular complexity index is 904. The standard InChI is InChI=1S/C16H20N4O4S/c1-3-15(21)18-13-5-7-14(8-6-13)25(23,24)17-10-11-20-16(22)9-4-12(2)19-20/h4-9,17H,3,10-11H2,1-2H3,(H,18,21). The lowest BCUT2D eigenvalue weighted by Crippen LogP contribution is -2.32. The van der Waals surface area contributed by atoms with Crippen LogP contribution in [0.25, 0.3) is 0 Å². The maximum atomic E-state index is 12.3. The highest BCUT2D eigenvalue weighted by molar-refractivity contribution is 7.89. The number of nitrogens with one attached hydrogen (secondary N) is 2. The SMILES string of the molecule is CCC(=O)Nc1ccc(S(=O)(=O)NCCn2nc(C)ccc2=O)cc1. The maximum absolute atomic E-state index is 12.3. The summed E-state index contributed by atoms with van der Waals surface area (Å²) in [7, 11) is -3.71. The van der Waals surface area contributed by atoms with Gasteiger partial charge in [0.05, 0.1) is 17.1 Å². The number of benzene rings is 1. The topological polar surface area (TPSA) is 110 Å². The van der Waals surface area contributed by atoms with Crippen molar-refractivity contribution in [3.8, 4) is 0 Å². The Balaban J connectivity index is 2.00. The van der Waals surface area contributed by atoms with Crippen LogP contribution in [0.1, 0.15) is 19.0 Å². The Kier molecular flexibility index (Phi) is 6.05. The number of nitrogens with zero attached hydrogens (tertiary/aromatic N) is 2. The molecule has 1 heterocycles. The Morgan fingerprint density at radius 1 is 1.16 bits per heavy atom. The second-order valence-electron chi connectivity index (χ2n) is 5.36. The molecule has 0 aliphatic rings. The van der Waals surface area contributed by atoms with Crippen molar-refractivity contribution in [1.82, 2.24) is 14.5 Å². The van der Waals surface area contributed by atoms with Crippen LogP contribution in [0.15, 0.2) is 46.1 Å². The van der Waals surface area contributed by atoms with Crippen LogP contribution in [0, 0.1) is 6.92 Å². The van der Waals surface area contributed by atoms with Gasteiger partial charge in [0.15, 0.2) is 0 Å². The number of carbonyl (C=O) groups excluding carboxylic acids is 1. The molecule has 8 nitrogen and oxygen atoms in total. The number of hydrogen-bond acceptors (Lipinski definition) is 5. The van der Waals surface area contributed by atoms with Crippen molar-refractivity contribution in [2.75, 3.05) is 11.9 Å². The fraction of sp³-hybridized carbons (Fsp3) is 0.312. The molecule has 0 saturated carbocycles. The van der Waals surface area contributed by atoms with Crippen LogP contribution < -0.4 is 15.6 Å². The third kappa shape index (κ3) is 5.23. The second kappa shape index (κ2) is 8.04. The molecule has 25 heavy (non-hydrogen) atoms. The minimum Gasteiger partial charge on any atom is -0.326 e. The van der Waals surface area contributed by atoms with Crippen LogP contribution in [0.3, 0.4) is 0 Å². The molecule has 0 unspecified atom stereocenters. The summed E-state index contributed by atoms with van der Waals surface area (Å²) in [6, 6.07) is 8.85. The highest BCUT2D eigenvalue weighted by Gasteiger charge is 2.13. The Labute approximate surface area is 145 Å². The molecular weight excluding hydrogens is 344 g/mol. The molecule has 2 aromatic rings. The zero-order valence-electron chi connectivity index (χ0n) is 14.0. The lowest BCUT2D eigenvalue weighted by Gasteiger charge is -2.09. The summed E-state index contributed by atoms with van der Waals surface area (Å²) in [5.74, 6) is -0.148. The van der Waals surface area contributed by atoms with Crippen LogP contribution >= 0.6 is 0 Å². The van der Waals surface area contributed by atoms with Gasteiger partial charge >= 0.3 is 0 Å². The monoisotopic (exact) mass is 364 g/mol. The van der Waals surface area contributed by atoms with Crippen LogP contribution in [-0.4, -0.2) is 30.7 Å². The van der Waals surface area contributed by atoms with Gasteiger partial charge < -0.3 is 5.32 Å². The molecule has 2 rings (SSSR count). The third-order valence-electron chi connectivity index (χ3n) is 3.39. The second-order valence-corrected chi connectivity index (χ2v) is 7.13. The fourth-order valence-electron chi connectivity index (χ4n) is 2.05. The van der Waals surface area contributed by atoms with Gasteiger partial charge in [-0.3, -0.25) is 9.59 Å². The van der Waals surface area contributed by atoms with E-state index in [9.17, 15) is 18.0 Å². The Morgan fingerprint density at radius 3 is 2.48 bits per heavy atom. The van der Waals surface area contributed by atoms with Crippen molar-refractivity contribution in [3.63, 3.8) is 0 Å². The summed E-state index contributed by atoms with van der Waals surface area (Å²) in [6.45, 7) is 3.64. The van der Waals surface area contributed by atoms with Gasteiger partial charge in [0.1, 0.15) is 0 Å². The fourth-order valence-corrected chi connectivity index (χ4v) is 3.07. The van der Waals surface area contributed by atoms with Crippen molar-refractivity contribution in [2.45, 2.75) is 31.7 Å². The van der Waals surface area contributed by atoms with Gasteiger partial charge in [0.25, 0.3) is 5.56 Å². The van der Waals surface area contributed by atoms with Crippen molar-refractivity contribution in [3.05, 3.63) is 52.4 Å². The van der Waals surface area contributed by atoms with Crippen molar-refractivity contribution in [2.24, 2.45) is 0 Å². The van der Waals surface area contributed by atoms with Gasteiger partial charge in [-0.1, -0.05) is 6.92 Å². The van der Waals surface area contributed by atoms with E-state index in [4.69, 9.17) is 0 Å². The summed E-state index contributed by atoms with van der Waals surface area (Å²) in [6.07, 6.45) is 0.341. The normalized spacial score (nSPS) is 11.3. The first-order valence-corrected chi connectivity index (χ1v) is 9.24. The zero-order valence-corrected chi connectivity index (χ0v) is 14.8. The van der Waals surface area contributed by atoms with E-state index in [1.807, 2.05) is 0 Å². The molecule has 1 amide bonds. The number of hydrogen-bond donors (Lipinski definition) is 2. The van der Waals surface area contributed by atoms with Gasteiger partial charge in [0, 0.05) is 24.7 Å². The summed E-state index contributed by atoms with van der Waals surface area (Å²) < 4.78 is 28.2. The van der Waals surface area contributed by atoms with E-state index in [-0.39, 0.29) is 29.5 Å². The Hall–Kier alpha value is -2.52. The molecule has 0 bridgehead atoms. The first-order chi connectivity index (χ1) is 11.8. The zero-order chi connectivity index (χ0) is 18.4. The van der Waals surface area contributed by atoms with Crippen LogP contribution in [0.5, 0.6) is 0 Å². The number of amides is 1. The number of aromatic nitrogens is 2.